The maximum absolute atomic E-state index is 13.2. The molecular formula is C38H61N3O15. The highest BCUT2D eigenvalue weighted by Gasteiger charge is 2.45. The third-order valence-corrected chi connectivity index (χ3v) is 8.06. The van der Waals surface area contributed by atoms with Gasteiger partial charge in [-0.25, -0.2) is 0 Å². The van der Waals surface area contributed by atoms with Gasteiger partial charge in [0.1, 0.15) is 6.04 Å². The fraction of sp³-hybridized carbons (Fsp3) is 0.737. The lowest BCUT2D eigenvalue weighted by Gasteiger charge is -2.27. The van der Waals surface area contributed by atoms with Crippen molar-refractivity contribution >= 4 is 29.3 Å². The van der Waals surface area contributed by atoms with Crippen molar-refractivity contribution in [2.45, 2.75) is 38.8 Å². The Hall–Kier alpha value is -3.14. The number of nitrogens with zero attached hydrogens (tertiary/aromatic N) is 1. The predicted octanol–water partition coefficient (Wildman–Crippen LogP) is 1.09. The zero-order valence-corrected chi connectivity index (χ0v) is 32.9. The van der Waals surface area contributed by atoms with Gasteiger partial charge in [-0.2, -0.15) is 0 Å². The number of rotatable bonds is 36. The fourth-order valence-electron chi connectivity index (χ4n) is 5.34. The summed E-state index contributed by atoms with van der Waals surface area (Å²) in [5.41, 5.74) is 0.907. The molecule has 0 saturated carbocycles. The number of hydrogen-bond acceptors (Lipinski definition) is 16. The lowest BCUT2D eigenvalue weighted by atomic mass is 10.0. The molecule has 2 N–H and O–H groups in total. The third kappa shape index (κ3) is 19.3. The summed E-state index contributed by atoms with van der Waals surface area (Å²) in [6, 6.07) is 3.90. The average Bonchev–Trinajstić information content (AvgIpc) is 3.43. The summed E-state index contributed by atoms with van der Waals surface area (Å²) in [5.74, 6) is -2.17. The molecule has 1 aromatic rings. The predicted molar refractivity (Wildman–Crippen MR) is 201 cm³/mol. The van der Waals surface area contributed by atoms with Crippen LogP contribution in [-0.4, -0.2) is 186 Å². The highest BCUT2D eigenvalue weighted by atomic mass is 16.6. The number of benzene rings is 1. The van der Waals surface area contributed by atoms with Gasteiger partial charge in [0.05, 0.1) is 156 Å². The normalized spacial score (nSPS) is 15.6. The Labute approximate surface area is 329 Å². The van der Waals surface area contributed by atoms with Gasteiger partial charge in [-0.15, -0.1) is 0 Å². The smallest absolute Gasteiger partial charge is 0.264 e. The number of carbonyl (C=O) groups is 4. The van der Waals surface area contributed by atoms with E-state index < -0.39 is 29.7 Å². The summed E-state index contributed by atoms with van der Waals surface area (Å²) in [6.07, 6.45) is 0.387. The lowest BCUT2D eigenvalue weighted by Crippen LogP contribution is -2.54. The van der Waals surface area contributed by atoms with Gasteiger partial charge >= 0.3 is 0 Å². The molecule has 18 nitrogen and oxygen atoms in total. The molecule has 1 atom stereocenters. The quantitative estimate of drug-likeness (QED) is 0.0722. The number of anilines is 1. The van der Waals surface area contributed by atoms with Crippen molar-refractivity contribution in [2.75, 3.05) is 151 Å². The molecule has 3 rings (SSSR count). The standard InChI is InChI=1S/C38H61N3O15/c1-30(2)56-29-28-55-27-26-54-25-24-53-23-22-52-21-20-51-19-18-50-17-16-49-15-14-48-13-12-47-11-10-46-9-8-39-32-5-3-4-31-35(32)38(45)41(37(31)44)33-6-7-34(42)40-36(33)43/h3-5,30,33,39H,6-29H2,1-2H3,(H,40,42,43). The van der Waals surface area contributed by atoms with Crippen molar-refractivity contribution < 1.29 is 71.3 Å². The number of nitrogens with one attached hydrogen (secondary N) is 2. The van der Waals surface area contributed by atoms with E-state index >= 15 is 0 Å². The van der Waals surface area contributed by atoms with Crippen LogP contribution in [0.15, 0.2) is 18.2 Å². The lowest BCUT2D eigenvalue weighted by molar-refractivity contribution is -0.136. The molecular weight excluding hydrogens is 738 g/mol. The molecule has 1 unspecified atom stereocenters. The average molecular weight is 800 g/mol. The highest BCUT2D eigenvalue weighted by molar-refractivity contribution is 6.25. The van der Waals surface area contributed by atoms with E-state index in [1.165, 1.54) is 0 Å². The molecule has 2 aliphatic rings. The number of imide groups is 2. The molecule has 0 aliphatic carbocycles. The van der Waals surface area contributed by atoms with E-state index in [9.17, 15) is 19.2 Å². The zero-order valence-electron chi connectivity index (χ0n) is 32.9. The van der Waals surface area contributed by atoms with Crippen LogP contribution in [-0.2, 0) is 61.7 Å². The van der Waals surface area contributed by atoms with Gasteiger partial charge in [0.2, 0.25) is 11.8 Å². The monoisotopic (exact) mass is 799 g/mol. The van der Waals surface area contributed by atoms with E-state index in [1.807, 2.05) is 13.8 Å². The number of ether oxygens (including phenoxy) is 11. The molecule has 4 amide bonds. The first kappa shape index (κ1) is 47.2. The largest absolute Gasteiger partial charge is 0.382 e. The van der Waals surface area contributed by atoms with Gasteiger partial charge in [0.25, 0.3) is 11.8 Å². The second kappa shape index (κ2) is 30.0. The number of carbonyl (C=O) groups excluding carboxylic acids is 4. The number of amides is 4. The van der Waals surface area contributed by atoms with Crippen LogP contribution in [0.3, 0.4) is 0 Å². The summed E-state index contributed by atoms with van der Waals surface area (Å²) >= 11 is 0. The van der Waals surface area contributed by atoms with Gasteiger partial charge < -0.3 is 57.4 Å². The van der Waals surface area contributed by atoms with Crippen molar-refractivity contribution in [3.63, 3.8) is 0 Å². The van der Waals surface area contributed by atoms with Gasteiger partial charge in [-0.05, 0) is 32.4 Å². The van der Waals surface area contributed by atoms with E-state index in [2.05, 4.69) is 10.6 Å². The molecule has 1 fully saturated rings. The van der Waals surface area contributed by atoms with Crippen LogP contribution < -0.4 is 10.6 Å². The fourth-order valence-corrected chi connectivity index (χ4v) is 5.34. The van der Waals surface area contributed by atoms with Crippen molar-refractivity contribution in [1.29, 1.82) is 0 Å². The van der Waals surface area contributed by atoms with Gasteiger partial charge in [0.15, 0.2) is 0 Å². The minimum Gasteiger partial charge on any atom is -0.382 e. The van der Waals surface area contributed by atoms with E-state index in [0.717, 1.165) is 4.90 Å². The Balaban J connectivity index is 1.00. The summed E-state index contributed by atoms with van der Waals surface area (Å²) in [5, 5.41) is 5.33. The van der Waals surface area contributed by atoms with Crippen LogP contribution in [0.4, 0.5) is 5.69 Å². The maximum Gasteiger partial charge on any atom is 0.264 e. The van der Waals surface area contributed by atoms with Crippen LogP contribution in [0.25, 0.3) is 0 Å². The first-order valence-electron chi connectivity index (χ1n) is 19.4. The maximum atomic E-state index is 13.2. The van der Waals surface area contributed by atoms with Gasteiger partial charge in [-0.1, -0.05) is 6.07 Å². The number of fused-ring (bicyclic) bond motifs is 1. The van der Waals surface area contributed by atoms with Crippen LogP contribution >= 0.6 is 0 Å². The molecule has 0 aromatic heterocycles. The second-order valence-electron chi connectivity index (χ2n) is 12.6. The summed E-state index contributed by atoms with van der Waals surface area (Å²) < 4.78 is 60.3. The molecule has 0 radical (unpaired) electrons. The number of hydrogen-bond donors (Lipinski definition) is 2. The van der Waals surface area contributed by atoms with Crippen LogP contribution in [0.1, 0.15) is 47.4 Å². The molecule has 1 aromatic carbocycles. The SMILES string of the molecule is CC(C)OCCOCCOCCOCCOCCOCCOCCOCCOCCOCCOCCNc1cccc2c1C(=O)N(C1CCC(=O)NC1=O)C2=O. The van der Waals surface area contributed by atoms with Crippen molar-refractivity contribution in [3.05, 3.63) is 29.3 Å². The first-order chi connectivity index (χ1) is 27.4. The van der Waals surface area contributed by atoms with E-state index in [4.69, 9.17) is 52.1 Å². The molecule has 1 saturated heterocycles. The van der Waals surface area contributed by atoms with Gasteiger partial charge in [0, 0.05) is 18.7 Å². The molecule has 0 spiro atoms. The van der Waals surface area contributed by atoms with Crippen molar-refractivity contribution in [2.24, 2.45) is 0 Å². The van der Waals surface area contributed by atoms with E-state index in [-0.39, 0.29) is 30.1 Å². The Bertz CT molecular complexity index is 1270. The van der Waals surface area contributed by atoms with Crippen molar-refractivity contribution in [3.8, 4) is 0 Å². The Kier molecular flexibility index (Phi) is 25.3. The third-order valence-electron chi connectivity index (χ3n) is 8.06. The summed E-state index contributed by atoms with van der Waals surface area (Å²) in [6.45, 7) is 14.3. The van der Waals surface area contributed by atoms with E-state index in [0.29, 0.717) is 151 Å². The first-order valence-corrected chi connectivity index (χ1v) is 19.4. The highest BCUT2D eigenvalue weighted by Crippen LogP contribution is 2.32. The topological polar surface area (TPSA) is 197 Å². The van der Waals surface area contributed by atoms with Crippen LogP contribution in [0.5, 0.6) is 0 Å². The molecule has 56 heavy (non-hydrogen) atoms. The zero-order chi connectivity index (χ0) is 40.1. The summed E-state index contributed by atoms with van der Waals surface area (Å²) in [4.78, 5) is 50.9. The molecule has 2 aliphatic heterocycles. The van der Waals surface area contributed by atoms with Crippen LogP contribution in [0, 0.1) is 0 Å². The van der Waals surface area contributed by atoms with E-state index in [1.54, 1.807) is 18.2 Å². The minimum absolute atomic E-state index is 0.0656. The van der Waals surface area contributed by atoms with Crippen molar-refractivity contribution in [1.82, 2.24) is 10.2 Å². The second-order valence-corrected chi connectivity index (χ2v) is 12.6. The summed E-state index contributed by atoms with van der Waals surface area (Å²) in [7, 11) is 0. The Morgan fingerprint density at radius 3 is 1.41 bits per heavy atom. The number of piperidine rings is 1. The Morgan fingerprint density at radius 1 is 0.589 bits per heavy atom. The minimum atomic E-state index is -1.01. The Morgan fingerprint density at radius 2 is 1.00 bits per heavy atom. The molecule has 18 heteroatoms. The molecule has 2 heterocycles. The molecule has 318 valence electrons. The van der Waals surface area contributed by atoms with Crippen LogP contribution in [0.2, 0.25) is 0 Å². The van der Waals surface area contributed by atoms with Gasteiger partial charge in [-0.3, -0.25) is 29.4 Å². The molecule has 0 bridgehead atoms.